The summed E-state index contributed by atoms with van der Waals surface area (Å²) in [6.07, 6.45) is 2.62. The van der Waals surface area contributed by atoms with E-state index in [0.29, 0.717) is 5.69 Å². The van der Waals surface area contributed by atoms with Gasteiger partial charge in [0.1, 0.15) is 5.69 Å². The Morgan fingerprint density at radius 2 is 2.50 bits per heavy atom. The zero-order chi connectivity index (χ0) is 8.97. The number of hydrogen-bond acceptors (Lipinski definition) is 2. The van der Waals surface area contributed by atoms with Crippen molar-refractivity contribution < 1.29 is 4.79 Å². The zero-order valence-electron chi connectivity index (χ0n) is 7.37. The summed E-state index contributed by atoms with van der Waals surface area (Å²) >= 11 is 0. The van der Waals surface area contributed by atoms with E-state index in [1.807, 2.05) is 0 Å². The molecule has 1 aromatic heterocycles. The van der Waals surface area contributed by atoms with Crippen molar-refractivity contribution >= 4 is 5.91 Å². The topological polar surface area (TPSA) is 46.9 Å². The van der Waals surface area contributed by atoms with Gasteiger partial charge in [0.25, 0.3) is 5.91 Å². The van der Waals surface area contributed by atoms with Crippen molar-refractivity contribution in [1.82, 2.24) is 15.1 Å². The van der Waals surface area contributed by atoms with E-state index < -0.39 is 0 Å². The van der Waals surface area contributed by atoms with E-state index in [2.05, 4.69) is 17.3 Å². The molecule has 0 aliphatic carbocycles. The Hall–Kier alpha value is -1.32. The average Bonchev–Trinajstić information content (AvgIpc) is 2.52. The minimum Gasteiger partial charge on any atom is -0.354 e. The van der Waals surface area contributed by atoms with Gasteiger partial charge in [-0.15, -0.1) is 0 Å². The number of aryl methyl sites for hydroxylation is 1. The molecule has 1 aromatic rings. The summed E-state index contributed by atoms with van der Waals surface area (Å²) in [5, 5.41) is 6.60. The van der Waals surface area contributed by atoms with Crippen molar-refractivity contribution in [3.05, 3.63) is 18.0 Å². The predicted molar refractivity (Wildman–Crippen MR) is 45.9 cm³/mol. The molecule has 0 aromatic carbocycles. The minimum absolute atomic E-state index is 0.0825. The molecule has 1 rings (SSSR count). The van der Waals surface area contributed by atoms with Crippen molar-refractivity contribution in [3.63, 3.8) is 0 Å². The summed E-state index contributed by atoms with van der Waals surface area (Å²) in [7, 11) is 1.62. The van der Waals surface area contributed by atoms with Gasteiger partial charge in [-0.1, -0.05) is 6.92 Å². The van der Waals surface area contributed by atoms with Crippen molar-refractivity contribution in [3.8, 4) is 0 Å². The molecule has 1 heterocycles. The molecule has 0 atom stereocenters. The number of aromatic nitrogens is 2. The lowest BCUT2D eigenvalue weighted by Gasteiger charge is -2.03. The Kier molecular flexibility index (Phi) is 2.85. The second-order valence-corrected chi connectivity index (χ2v) is 2.52. The molecular weight excluding hydrogens is 154 g/mol. The first kappa shape index (κ1) is 8.77. The summed E-state index contributed by atoms with van der Waals surface area (Å²) in [6.45, 7) is 2.84. The highest BCUT2D eigenvalue weighted by molar-refractivity contribution is 5.92. The fourth-order valence-corrected chi connectivity index (χ4v) is 1.04. The van der Waals surface area contributed by atoms with E-state index in [9.17, 15) is 4.79 Å². The van der Waals surface area contributed by atoms with Gasteiger partial charge >= 0.3 is 0 Å². The Bertz CT molecular complexity index is 267. The van der Waals surface area contributed by atoms with E-state index in [1.54, 1.807) is 24.0 Å². The third-order valence-electron chi connectivity index (χ3n) is 1.61. The summed E-state index contributed by atoms with van der Waals surface area (Å²) in [5.41, 5.74) is 0.624. The molecule has 0 aliphatic rings. The highest BCUT2D eigenvalue weighted by Crippen LogP contribution is 1.99. The zero-order valence-corrected chi connectivity index (χ0v) is 7.37. The summed E-state index contributed by atoms with van der Waals surface area (Å²) in [6, 6.07) is 1.72. The van der Waals surface area contributed by atoms with Crippen LogP contribution in [0.15, 0.2) is 12.3 Å². The Labute approximate surface area is 71.6 Å². The maximum absolute atomic E-state index is 11.2. The van der Waals surface area contributed by atoms with Crippen molar-refractivity contribution in [1.29, 1.82) is 0 Å². The molecule has 4 nitrogen and oxygen atoms in total. The van der Waals surface area contributed by atoms with E-state index in [-0.39, 0.29) is 5.91 Å². The number of rotatable bonds is 3. The van der Waals surface area contributed by atoms with Gasteiger partial charge in [0.05, 0.1) is 0 Å². The minimum atomic E-state index is -0.0825. The maximum atomic E-state index is 11.2. The van der Waals surface area contributed by atoms with E-state index >= 15 is 0 Å². The van der Waals surface area contributed by atoms with Gasteiger partial charge < -0.3 is 5.32 Å². The quantitative estimate of drug-likeness (QED) is 0.718. The molecule has 4 heteroatoms. The number of amides is 1. The van der Waals surface area contributed by atoms with Gasteiger partial charge in [-0.2, -0.15) is 5.10 Å². The largest absolute Gasteiger partial charge is 0.354 e. The van der Waals surface area contributed by atoms with Gasteiger partial charge in [0.15, 0.2) is 0 Å². The van der Waals surface area contributed by atoms with Crippen LogP contribution in [0.3, 0.4) is 0 Å². The first-order valence-electron chi connectivity index (χ1n) is 4.03. The Balaban J connectivity index is 2.83. The molecule has 66 valence electrons. The molecule has 0 spiro atoms. The van der Waals surface area contributed by atoms with Crippen molar-refractivity contribution in [2.24, 2.45) is 0 Å². The SMILES string of the molecule is CCCn1nccc1C(=O)NC. The standard InChI is InChI=1S/C8H13N3O/c1-3-6-11-7(4-5-10-11)8(12)9-2/h4-5H,3,6H2,1-2H3,(H,9,12). The molecule has 0 saturated carbocycles. The number of hydrogen-bond donors (Lipinski definition) is 1. The van der Waals surface area contributed by atoms with Crippen LogP contribution in [0, 0.1) is 0 Å². The monoisotopic (exact) mass is 167 g/mol. The van der Waals surface area contributed by atoms with Crippen LogP contribution in [0.2, 0.25) is 0 Å². The van der Waals surface area contributed by atoms with Gasteiger partial charge in [-0.25, -0.2) is 0 Å². The van der Waals surface area contributed by atoms with Gasteiger partial charge in [-0.3, -0.25) is 9.48 Å². The summed E-state index contributed by atoms with van der Waals surface area (Å²) in [5.74, 6) is -0.0825. The maximum Gasteiger partial charge on any atom is 0.269 e. The van der Waals surface area contributed by atoms with Crippen LogP contribution in [0.1, 0.15) is 23.8 Å². The Morgan fingerprint density at radius 1 is 1.75 bits per heavy atom. The molecule has 0 aliphatic heterocycles. The lowest BCUT2D eigenvalue weighted by molar-refractivity contribution is 0.0952. The third kappa shape index (κ3) is 1.64. The second-order valence-electron chi connectivity index (χ2n) is 2.52. The fraction of sp³-hybridized carbons (Fsp3) is 0.500. The van der Waals surface area contributed by atoms with Crippen LogP contribution in [0.25, 0.3) is 0 Å². The molecule has 1 N–H and O–H groups in total. The summed E-state index contributed by atoms with van der Waals surface area (Å²) < 4.78 is 1.71. The fourth-order valence-electron chi connectivity index (χ4n) is 1.04. The van der Waals surface area contributed by atoms with Crippen LogP contribution < -0.4 is 5.32 Å². The first-order chi connectivity index (χ1) is 5.79. The molecular formula is C8H13N3O. The lowest BCUT2D eigenvalue weighted by Crippen LogP contribution is -2.22. The Morgan fingerprint density at radius 3 is 3.08 bits per heavy atom. The number of nitrogens with zero attached hydrogens (tertiary/aromatic N) is 2. The second kappa shape index (κ2) is 3.90. The highest BCUT2D eigenvalue weighted by Gasteiger charge is 2.08. The van der Waals surface area contributed by atoms with E-state index in [4.69, 9.17) is 0 Å². The van der Waals surface area contributed by atoms with Crippen LogP contribution >= 0.6 is 0 Å². The van der Waals surface area contributed by atoms with Gasteiger partial charge in [-0.05, 0) is 12.5 Å². The van der Waals surface area contributed by atoms with E-state index in [0.717, 1.165) is 13.0 Å². The average molecular weight is 167 g/mol. The van der Waals surface area contributed by atoms with Gasteiger partial charge in [0, 0.05) is 19.8 Å². The molecule has 1 amide bonds. The molecule has 0 saturated heterocycles. The van der Waals surface area contributed by atoms with Crippen LogP contribution in [0.4, 0.5) is 0 Å². The number of nitrogens with one attached hydrogen (secondary N) is 1. The van der Waals surface area contributed by atoms with Crippen LogP contribution in [-0.4, -0.2) is 22.7 Å². The molecule has 0 fully saturated rings. The normalized spacial score (nSPS) is 9.83. The predicted octanol–water partition coefficient (Wildman–Crippen LogP) is 0.653. The lowest BCUT2D eigenvalue weighted by atomic mass is 10.4. The smallest absolute Gasteiger partial charge is 0.269 e. The molecule has 0 bridgehead atoms. The highest BCUT2D eigenvalue weighted by atomic mass is 16.1. The first-order valence-corrected chi connectivity index (χ1v) is 4.03. The van der Waals surface area contributed by atoms with E-state index in [1.165, 1.54) is 0 Å². The third-order valence-corrected chi connectivity index (χ3v) is 1.61. The molecule has 12 heavy (non-hydrogen) atoms. The van der Waals surface area contributed by atoms with Gasteiger partial charge in [0.2, 0.25) is 0 Å². The summed E-state index contributed by atoms with van der Waals surface area (Å²) in [4.78, 5) is 11.2. The van der Waals surface area contributed by atoms with Crippen molar-refractivity contribution in [2.45, 2.75) is 19.9 Å². The molecule has 0 radical (unpaired) electrons. The van der Waals surface area contributed by atoms with Crippen molar-refractivity contribution in [2.75, 3.05) is 7.05 Å². The molecule has 0 unspecified atom stereocenters. The number of carbonyl (C=O) groups is 1. The van der Waals surface area contributed by atoms with Crippen LogP contribution in [0.5, 0.6) is 0 Å². The van der Waals surface area contributed by atoms with Crippen LogP contribution in [-0.2, 0) is 6.54 Å². The number of carbonyl (C=O) groups excluding carboxylic acids is 1.